The number of hydrogen-bond donors (Lipinski definition) is 1. The van der Waals surface area contributed by atoms with Crippen molar-refractivity contribution in [1.29, 1.82) is 0 Å². The summed E-state index contributed by atoms with van der Waals surface area (Å²) in [6.07, 6.45) is 4.93. The molecule has 1 saturated heterocycles. The highest BCUT2D eigenvalue weighted by Gasteiger charge is 2.33. The Balaban J connectivity index is 1.73. The molecule has 2 aromatic carbocycles. The van der Waals surface area contributed by atoms with E-state index in [1.165, 1.54) is 21.1 Å². The molecular formula is C21H27NOS2. The van der Waals surface area contributed by atoms with Gasteiger partial charge in [0.1, 0.15) is 0 Å². The molecule has 1 N–H and O–H groups in total. The largest absolute Gasteiger partial charge is 0.385 e. The van der Waals surface area contributed by atoms with Gasteiger partial charge in [0.05, 0.1) is 5.60 Å². The second-order valence-corrected chi connectivity index (χ2v) is 8.71. The topological polar surface area (TPSA) is 23.5 Å². The number of aliphatic hydroxyl groups is 1. The number of rotatable bonds is 6. The van der Waals surface area contributed by atoms with E-state index in [0.717, 1.165) is 38.0 Å². The van der Waals surface area contributed by atoms with Gasteiger partial charge in [-0.05, 0) is 68.0 Å². The monoisotopic (exact) mass is 373 g/mol. The summed E-state index contributed by atoms with van der Waals surface area (Å²) in [6.45, 7) is 5.32. The average molecular weight is 374 g/mol. The van der Waals surface area contributed by atoms with E-state index in [0.29, 0.717) is 0 Å². The normalized spacial score (nSPS) is 17.6. The van der Waals surface area contributed by atoms with Gasteiger partial charge in [-0.1, -0.05) is 36.9 Å². The number of hydrogen-bond acceptors (Lipinski definition) is 4. The van der Waals surface area contributed by atoms with E-state index in [4.69, 9.17) is 0 Å². The van der Waals surface area contributed by atoms with Crippen molar-refractivity contribution in [2.24, 2.45) is 0 Å². The Bertz CT molecular complexity index is 696. The third-order valence-electron chi connectivity index (χ3n) is 4.87. The lowest BCUT2D eigenvalue weighted by Gasteiger charge is -2.38. The van der Waals surface area contributed by atoms with E-state index in [9.17, 15) is 5.11 Å². The molecule has 0 atom stereocenters. The second-order valence-electron chi connectivity index (χ2n) is 6.68. The molecule has 0 radical (unpaired) electrons. The van der Waals surface area contributed by atoms with E-state index < -0.39 is 5.60 Å². The zero-order valence-electron chi connectivity index (χ0n) is 15.1. The molecule has 2 aromatic rings. The lowest BCUT2D eigenvalue weighted by Crippen LogP contribution is -2.42. The number of nitrogens with zero attached hydrogens (tertiary/aromatic N) is 1. The standard InChI is InChI=1S/C21H27NOS2/c1-3-12-22-13-10-21(23,11-14-22)17-6-4-8-19(15-17)25-20-9-5-7-18(16-20)24-2/h4-9,15-16,23H,3,10-14H2,1-2H3. The molecule has 4 heteroatoms. The van der Waals surface area contributed by atoms with Gasteiger partial charge in [-0.15, -0.1) is 11.8 Å². The molecule has 3 rings (SSSR count). The summed E-state index contributed by atoms with van der Waals surface area (Å²) in [5, 5.41) is 11.2. The fourth-order valence-electron chi connectivity index (χ4n) is 3.40. The van der Waals surface area contributed by atoms with Crippen LogP contribution in [0.15, 0.2) is 63.2 Å². The molecule has 1 aliphatic rings. The van der Waals surface area contributed by atoms with Gasteiger partial charge in [-0.3, -0.25) is 0 Å². The van der Waals surface area contributed by atoms with Crippen molar-refractivity contribution in [3.05, 3.63) is 54.1 Å². The maximum atomic E-state index is 11.2. The quantitative estimate of drug-likeness (QED) is 0.698. The molecule has 0 unspecified atom stereocenters. The van der Waals surface area contributed by atoms with E-state index in [1.54, 1.807) is 23.5 Å². The predicted octanol–water partition coefficient (Wildman–Crippen LogP) is 5.25. The van der Waals surface area contributed by atoms with Crippen molar-refractivity contribution in [2.75, 3.05) is 25.9 Å². The smallest absolute Gasteiger partial charge is 0.0921 e. The molecule has 0 amide bonds. The van der Waals surface area contributed by atoms with Crippen LogP contribution in [0, 0.1) is 0 Å². The minimum atomic E-state index is -0.679. The van der Waals surface area contributed by atoms with Crippen molar-refractivity contribution in [2.45, 2.75) is 46.5 Å². The number of benzene rings is 2. The second kappa shape index (κ2) is 8.63. The van der Waals surface area contributed by atoms with Crippen LogP contribution in [-0.2, 0) is 5.60 Å². The van der Waals surface area contributed by atoms with E-state index >= 15 is 0 Å². The molecule has 0 aromatic heterocycles. The van der Waals surface area contributed by atoms with Crippen LogP contribution in [0.2, 0.25) is 0 Å². The van der Waals surface area contributed by atoms with E-state index in [1.807, 2.05) is 0 Å². The van der Waals surface area contributed by atoms with Crippen LogP contribution < -0.4 is 0 Å². The molecule has 134 valence electrons. The summed E-state index contributed by atoms with van der Waals surface area (Å²) in [7, 11) is 0. The first kappa shape index (κ1) is 18.8. The van der Waals surface area contributed by atoms with Crippen LogP contribution in [0.1, 0.15) is 31.7 Å². The number of piperidine rings is 1. The van der Waals surface area contributed by atoms with Crippen molar-refractivity contribution in [3.63, 3.8) is 0 Å². The number of likely N-dealkylation sites (tertiary alicyclic amines) is 1. The summed E-state index contributed by atoms with van der Waals surface area (Å²) in [6, 6.07) is 17.1. The predicted molar refractivity (Wildman–Crippen MR) is 109 cm³/mol. The highest BCUT2D eigenvalue weighted by Crippen LogP contribution is 2.36. The Morgan fingerprint density at radius 2 is 1.64 bits per heavy atom. The lowest BCUT2D eigenvalue weighted by molar-refractivity contribution is -0.0259. The first-order chi connectivity index (χ1) is 12.1. The van der Waals surface area contributed by atoms with Gasteiger partial charge in [0.25, 0.3) is 0 Å². The molecular weight excluding hydrogens is 346 g/mol. The maximum absolute atomic E-state index is 11.2. The third-order valence-corrected chi connectivity index (χ3v) is 6.58. The lowest BCUT2D eigenvalue weighted by atomic mass is 9.84. The summed E-state index contributed by atoms with van der Waals surface area (Å²) >= 11 is 3.53. The van der Waals surface area contributed by atoms with Crippen LogP contribution in [0.4, 0.5) is 0 Å². The van der Waals surface area contributed by atoms with Crippen LogP contribution in [-0.4, -0.2) is 35.9 Å². The maximum Gasteiger partial charge on any atom is 0.0921 e. The van der Waals surface area contributed by atoms with Crippen molar-refractivity contribution < 1.29 is 5.11 Å². The highest BCUT2D eigenvalue weighted by molar-refractivity contribution is 7.99. The van der Waals surface area contributed by atoms with Gasteiger partial charge < -0.3 is 10.0 Å². The van der Waals surface area contributed by atoms with E-state index in [-0.39, 0.29) is 0 Å². The van der Waals surface area contributed by atoms with Gasteiger partial charge in [-0.2, -0.15) is 0 Å². The summed E-state index contributed by atoms with van der Waals surface area (Å²) in [5.74, 6) is 0. The van der Waals surface area contributed by atoms with Crippen molar-refractivity contribution in [3.8, 4) is 0 Å². The fourth-order valence-corrected chi connectivity index (χ4v) is 4.87. The first-order valence-corrected chi connectivity index (χ1v) is 11.0. The Labute approximate surface area is 160 Å². The van der Waals surface area contributed by atoms with Gasteiger partial charge in [0.2, 0.25) is 0 Å². The van der Waals surface area contributed by atoms with Crippen molar-refractivity contribution in [1.82, 2.24) is 4.90 Å². The third kappa shape index (κ3) is 4.82. The molecule has 0 aliphatic carbocycles. The van der Waals surface area contributed by atoms with Crippen molar-refractivity contribution >= 4 is 23.5 Å². The summed E-state index contributed by atoms with van der Waals surface area (Å²) in [5.41, 5.74) is 0.386. The SMILES string of the molecule is CCCN1CCC(O)(c2cccc(Sc3cccc(SC)c3)c2)CC1. The van der Waals surface area contributed by atoms with Gasteiger partial charge in [-0.25, -0.2) is 0 Å². The van der Waals surface area contributed by atoms with Crippen LogP contribution in [0.25, 0.3) is 0 Å². The highest BCUT2D eigenvalue weighted by atomic mass is 32.2. The average Bonchev–Trinajstić information content (AvgIpc) is 2.64. The molecule has 1 fully saturated rings. The minimum Gasteiger partial charge on any atom is -0.385 e. The van der Waals surface area contributed by atoms with Gasteiger partial charge >= 0.3 is 0 Å². The molecule has 2 nitrogen and oxygen atoms in total. The fraction of sp³-hybridized carbons (Fsp3) is 0.429. The van der Waals surface area contributed by atoms with Crippen LogP contribution >= 0.6 is 23.5 Å². The number of thioether (sulfide) groups is 1. The Hall–Kier alpha value is -0.940. The molecule has 25 heavy (non-hydrogen) atoms. The Morgan fingerprint density at radius 3 is 2.32 bits per heavy atom. The zero-order chi connectivity index (χ0) is 17.7. The molecule has 0 spiro atoms. The summed E-state index contributed by atoms with van der Waals surface area (Å²) < 4.78 is 0. The van der Waals surface area contributed by atoms with E-state index in [2.05, 4.69) is 66.6 Å². The van der Waals surface area contributed by atoms with Gasteiger partial charge in [0.15, 0.2) is 0 Å². The Kier molecular flexibility index (Phi) is 6.50. The van der Waals surface area contributed by atoms with Gasteiger partial charge in [0, 0.05) is 27.8 Å². The first-order valence-electron chi connectivity index (χ1n) is 9.00. The zero-order valence-corrected chi connectivity index (χ0v) is 16.7. The molecule has 0 bridgehead atoms. The van der Waals surface area contributed by atoms with Crippen LogP contribution in [0.5, 0.6) is 0 Å². The molecule has 1 aliphatic heterocycles. The molecule has 1 heterocycles. The molecule has 0 saturated carbocycles. The van der Waals surface area contributed by atoms with Crippen LogP contribution in [0.3, 0.4) is 0 Å². The Morgan fingerprint density at radius 1 is 1.00 bits per heavy atom. The summed E-state index contributed by atoms with van der Waals surface area (Å²) in [4.78, 5) is 6.18. The minimum absolute atomic E-state index is 0.679.